The first-order chi connectivity index (χ1) is 7.00. The number of nitro groups is 1. The van der Waals surface area contributed by atoms with Crippen molar-refractivity contribution in [2.24, 2.45) is 0 Å². The lowest BCUT2D eigenvalue weighted by Crippen LogP contribution is -2.01. The molecule has 2 N–H and O–H groups in total. The zero-order valence-electron chi connectivity index (χ0n) is 8.38. The monoisotopic (exact) mass is 211 g/mol. The van der Waals surface area contributed by atoms with Crippen LogP contribution in [0.2, 0.25) is 0 Å². The van der Waals surface area contributed by atoms with Crippen LogP contribution in [0.25, 0.3) is 0 Å². The van der Waals surface area contributed by atoms with E-state index in [0.29, 0.717) is 12.8 Å². The number of aliphatic hydroxyl groups excluding tert-OH is 1. The highest BCUT2D eigenvalue weighted by Gasteiger charge is 2.12. The van der Waals surface area contributed by atoms with Crippen molar-refractivity contribution in [3.05, 3.63) is 33.9 Å². The minimum Gasteiger partial charge on any atom is -0.502 e. The van der Waals surface area contributed by atoms with Gasteiger partial charge in [-0.05, 0) is 31.4 Å². The van der Waals surface area contributed by atoms with Crippen LogP contribution in [0, 0.1) is 10.1 Å². The van der Waals surface area contributed by atoms with E-state index in [0.717, 1.165) is 5.56 Å². The van der Waals surface area contributed by atoms with E-state index in [4.69, 9.17) is 5.11 Å². The third-order valence-corrected chi connectivity index (χ3v) is 2.09. The molecule has 0 fully saturated rings. The van der Waals surface area contributed by atoms with Crippen molar-refractivity contribution < 1.29 is 15.1 Å². The fourth-order valence-electron chi connectivity index (χ4n) is 1.25. The van der Waals surface area contributed by atoms with E-state index in [9.17, 15) is 15.2 Å². The molecule has 0 aliphatic heterocycles. The van der Waals surface area contributed by atoms with Crippen LogP contribution >= 0.6 is 0 Å². The number of nitro benzene ring substituents is 1. The molecular weight excluding hydrogens is 198 g/mol. The molecule has 5 nitrogen and oxygen atoms in total. The van der Waals surface area contributed by atoms with Gasteiger partial charge < -0.3 is 10.2 Å². The average Bonchev–Trinajstić information content (AvgIpc) is 2.14. The molecule has 0 bridgehead atoms. The second kappa shape index (κ2) is 4.75. The maximum absolute atomic E-state index is 10.4. The van der Waals surface area contributed by atoms with Crippen molar-refractivity contribution in [2.75, 3.05) is 0 Å². The largest absolute Gasteiger partial charge is 0.502 e. The first kappa shape index (κ1) is 11.5. The topological polar surface area (TPSA) is 83.6 Å². The molecule has 1 rings (SSSR count). The summed E-state index contributed by atoms with van der Waals surface area (Å²) in [6.45, 7) is 1.67. The van der Waals surface area contributed by atoms with E-state index < -0.39 is 11.0 Å². The maximum Gasteiger partial charge on any atom is 0.310 e. The summed E-state index contributed by atoms with van der Waals surface area (Å²) in [5.74, 6) is -0.330. The second-order valence-corrected chi connectivity index (χ2v) is 3.47. The molecule has 0 saturated heterocycles. The van der Waals surface area contributed by atoms with E-state index in [1.165, 1.54) is 12.1 Å². The minimum atomic E-state index is -0.631. The Bertz CT molecular complexity index is 362. The predicted octanol–water partition coefficient (Wildman–Crippen LogP) is 1.61. The molecule has 0 aromatic heterocycles. The van der Waals surface area contributed by atoms with Gasteiger partial charge in [-0.15, -0.1) is 0 Å². The number of hydrogen-bond acceptors (Lipinski definition) is 4. The fourth-order valence-corrected chi connectivity index (χ4v) is 1.25. The van der Waals surface area contributed by atoms with E-state index in [2.05, 4.69) is 0 Å². The second-order valence-electron chi connectivity index (χ2n) is 3.47. The maximum atomic E-state index is 10.4. The van der Waals surface area contributed by atoms with E-state index in [1.54, 1.807) is 13.0 Å². The van der Waals surface area contributed by atoms with Crippen LogP contribution in [0.15, 0.2) is 18.2 Å². The van der Waals surface area contributed by atoms with Crippen LogP contribution in [0.4, 0.5) is 5.69 Å². The molecule has 1 aromatic carbocycles. The van der Waals surface area contributed by atoms with Crippen molar-refractivity contribution >= 4 is 5.69 Å². The molecule has 82 valence electrons. The van der Waals surface area contributed by atoms with E-state index in [-0.39, 0.29) is 11.4 Å². The zero-order valence-corrected chi connectivity index (χ0v) is 8.38. The van der Waals surface area contributed by atoms with Crippen LogP contribution in [-0.4, -0.2) is 21.2 Å². The number of aromatic hydroxyl groups is 1. The van der Waals surface area contributed by atoms with Gasteiger partial charge in [0.25, 0.3) is 0 Å². The van der Waals surface area contributed by atoms with Gasteiger partial charge in [0.2, 0.25) is 0 Å². The number of phenolic OH excluding ortho intramolecular Hbond substituents is 1. The summed E-state index contributed by atoms with van der Waals surface area (Å²) >= 11 is 0. The van der Waals surface area contributed by atoms with Crippen LogP contribution < -0.4 is 0 Å². The normalized spacial score (nSPS) is 12.4. The number of aryl methyl sites for hydroxylation is 1. The lowest BCUT2D eigenvalue weighted by atomic mass is 10.1. The Kier molecular flexibility index (Phi) is 3.62. The van der Waals surface area contributed by atoms with Crippen molar-refractivity contribution in [2.45, 2.75) is 25.9 Å². The molecule has 0 heterocycles. The van der Waals surface area contributed by atoms with Gasteiger partial charge in [0.05, 0.1) is 11.0 Å². The number of nitrogens with zero attached hydrogens (tertiary/aromatic N) is 1. The van der Waals surface area contributed by atoms with Gasteiger partial charge in [-0.2, -0.15) is 0 Å². The van der Waals surface area contributed by atoms with Crippen molar-refractivity contribution in [1.82, 2.24) is 0 Å². The minimum absolute atomic E-state index is 0.296. The molecule has 0 amide bonds. The van der Waals surface area contributed by atoms with Gasteiger partial charge in [0.1, 0.15) is 0 Å². The number of benzene rings is 1. The Hall–Kier alpha value is -1.62. The van der Waals surface area contributed by atoms with Crippen LogP contribution in [0.1, 0.15) is 18.9 Å². The Morgan fingerprint density at radius 2 is 2.20 bits per heavy atom. The summed E-state index contributed by atoms with van der Waals surface area (Å²) in [5, 5.41) is 28.8. The van der Waals surface area contributed by atoms with Gasteiger partial charge in [-0.1, -0.05) is 6.07 Å². The SMILES string of the molecule is C[C@@H](O)CCc1ccc([N+](=O)[O-])c(O)c1. The quantitative estimate of drug-likeness (QED) is 0.585. The molecule has 0 aliphatic rings. The molecule has 1 atom stereocenters. The van der Waals surface area contributed by atoms with Gasteiger partial charge in [0, 0.05) is 6.07 Å². The Morgan fingerprint density at radius 3 is 2.67 bits per heavy atom. The summed E-state index contributed by atoms with van der Waals surface area (Å²) < 4.78 is 0. The van der Waals surface area contributed by atoms with Crippen LogP contribution in [-0.2, 0) is 6.42 Å². The summed E-state index contributed by atoms with van der Waals surface area (Å²) in [4.78, 5) is 9.77. The van der Waals surface area contributed by atoms with Gasteiger partial charge >= 0.3 is 5.69 Å². The Labute approximate surface area is 87.1 Å². The molecule has 0 unspecified atom stereocenters. The first-order valence-electron chi connectivity index (χ1n) is 4.65. The van der Waals surface area contributed by atoms with Gasteiger partial charge in [0.15, 0.2) is 5.75 Å². The molecule has 0 spiro atoms. The summed E-state index contributed by atoms with van der Waals surface area (Å²) in [6.07, 6.45) is 0.739. The third-order valence-electron chi connectivity index (χ3n) is 2.09. The summed E-state index contributed by atoms with van der Waals surface area (Å²) in [6, 6.07) is 4.22. The van der Waals surface area contributed by atoms with Crippen molar-refractivity contribution in [1.29, 1.82) is 0 Å². The summed E-state index contributed by atoms with van der Waals surface area (Å²) in [5.41, 5.74) is 0.481. The number of aliphatic hydroxyl groups is 1. The van der Waals surface area contributed by atoms with Gasteiger partial charge in [-0.3, -0.25) is 10.1 Å². The molecule has 5 heteroatoms. The average molecular weight is 211 g/mol. The highest BCUT2D eigenvalue weighted by Crippen LogP contribution is 2.26. The van der Waals surface area contributed by atoms with Crippen LogP contribution in [0.3, 0.4) is 0 Å². The molecule has 15 heavy (non-hydrogen) atoms. The first-order valence-corrected chi connectivity index (χ1v) is 4.65. The van der Waals surface area contributed by atoms with Crippen molar-refractivity contribution in [3.63, 3.8) is 0 Å². The highest BCUT2D eigenvalue weighted by molar-refractivity contribution is 5.47. The Morgan fingerprint density at radius 1 is 1.53 bits per heavy atom. The zero-order chi connectivity index (χ0) is 11.4. The molecule has 1 aromatic rings. The number of hydrogen-bond donors (Lipinski definition) is 2. The third kappa shape index (κ3) is 3.21. The van der Waals surface area contributed by atoms with Gasteiger partial charge in [-0.25, -0.2) is 0 Å². The summed E-state index contributed by atoms with van der Waals surface area (Å²) in [7, 11) is 0. The molecule has 0 saturated carbocycles. The highest BCUT2D eigenvalue weighted by atomic mass is 16.6. The molecular formula is C10H13NO4. The molecule has 0 aliphatic carbocycles. The lowest BCUT2D eigenvalue weighted by Gasteiger charge is -2.04. The van der Waals surface area contributed by atoms with E-state index >= 15 is 0 Å². The van der Waals surface area contributed by atoms with E-state index in [1.807, 2.05) is 0 Å². The predicted molar refractivity (Wildman–Crippen MR) is 54.8 cm³/mol. The molecule has 0 radical (unpaired) electrons. The standard InChI is InChI=1S/C10H13NO4/c1-7(12)2-3-8-4-5-9(11(14)15)10(13)6-8/h4-7,12-13H,2-3H2,1H3/t7-/m1/s1. The number of phenols is 1. The van der Waals surface area contributed by atoms with Crippen LogP contribution in [0.5, 0.6) is 5.75 Å². The Balaban J connectivity index is 2.78. The number of rotatable bonds is 4. The lowest BCUT2D eigenvalue weighted by molar-refractivity contribution is -0.385. The van der Waals surface area contributed by atoms with Crippen molar-refractivity contribution in [3.8, 4) is 5.75 Å². The fraction of sp³-hybridized carbons (Fsp3) is 0.400. The smallest absolute Gasteiger partial charge is 0.310 e.